The van der Waals surface area contributed by atoms with Gasteiger partial charge in [0, 0.05) is 34.7 Å². The van der Waals surface area contributed by atoms with Crippen molar-refractivity contribution in [3.8, 4) is 0 Å². The molecule has 1 heterocycles. The number of amides is 1. The van der Waals surface area contributed by atoms with Crippen molar-refractivity contribution in [1.29, 1.82) is 0 Å². The molecule has 172 valence electrons. The lowest BCUT2D eigenvalue weighted by Gasteiger charge is -2.41. The van der Waals surface area contributed by atoms with Crippen LogP contribution in [-0.4, -0.2) is 22.9 Å². The molecule has 33 heavy (non-hydrogen) atoms. The van der Waals surface area contributed by atoms with E-state index < -0.39 is 6.29 Å². The first-order chi connectivity index (χ1) is 16.0. The SMILES string of the molecule is CC(=O)Nc1cccc([C@@H]2O[C@H](CSc3ccccc3)[C@H](C)[C@H](c3ccc(CO)cc3)O2)c1. The maximum atomic E-state index is 11.5. The zero-order valence-corrected chi connectivity index (χ0v) is 19.6. The van der Waals surface area contributed by atoms with Crippen molar-refractivity contribution in [2.75, 3.05) is 11.1 Å². The number of nitrogens with one attached hydrogen (secondary N) is 1. The van der Waals surface area contributed by atoms with Crippen LogP contribution < -0.4 is 5.32 Å². The smallest absolute Gasteiger partial charge is 0.221 e. The van der Waals surface area contributed by atoms with E-state index in [1.807, 2.05) is 66.7 Å². The van der Waals surface area contributed by atoms with Crippen LogP contribution in [0.4, 0.5) is 5.69 Å². The van der Waals surface area contributed by atoms with Crippen molar-refractivity contribution >= 4 is 23.4 Å². The van der Waals surface area contributed by atoms with Crippen molar-refractivity contribution in [3.63, 3.8) is 0 Å². The molecular formula is C27H29NO4S. The van der Waals surface area contributed by atoms with Crippen molar-refractivity contribution < 1.29 is 19.4 Å². The largest absolute Gasteiger partial charge is 0.392 e. The molecule has 3 aromatic rings. The lowest BCUT2D eigenvalue weighted by Crippen LogP contribution is -2.38. The van der Waals surface area contributed by atoms with Gasteiger partial charge in [-0.1, -0.05) is 61.5 Å². The van der Waals surface area contributed by atoms with Crippen molar-refractivity contribution in [2.24, 2.45) is 5.92 Å². The van der Waals surface area contributed by atoms with Gasteiger partial charge >= 0.3 is 0 Å². The van der Waals surface area contributed by atoms with Crippen molar-refractivity contribution in [3.05, 3.63) is 95.6 Å². The summed E-state index contributed by atoms with van der Waals surface area (Å²) in [5.74, 6) is 0.794. The van der Waals surface area contributed by atoms with E-state index in [4.69, 9.17) is 9.47 Å². The van der Waals surface area contributed by atoms with Crippen LogP contribution in [0.1, 0.15) is 42.9 Å². The summed E-state index contributed by atoms with van der Waals surface area (Å²) in [6, 6.07) is 25.8. The third-order valence-electron chi connectivity index (χ3n) is 5.76. The van der Waals surface area contributed by atoms with Gasteiger partial charge in [-0.15, -0.1) is 11.8 Å². The van der Waals surface area contributed by atoms with E-state index in [9.17, 15) is 9.90 Å². The average molecular weight is 464 g/mol. The minimum absolute atomic E-state index is 0.0133. The van der Waals surface area contributed by atoms with Crippen LogP contribution in [0.15, 0.2) is 83.8 Å². The standard InChI is InChI=1S/C27H29NO4S/c1-18-25(17-33-24-9-4-3-5-10-24)31-27(22-7-6-8-23(15-22)28-19(2)30)32-26(18)21-13-11-20(16-29)12-14-21/h3-15,18,25-27,29H,16-17H2,1-2H3,(H,28,30)/t18-,25+,26+,27+/m0/s1. The van der Waals surface area contributed by atoms with Crippen LogP contribution in [0, 0.1) is 5.92 Å². The summed E-state index contributed by atoms with van der Waals surface area (Å²) in [6.07, 6.45) is -0.762. The van der Waals surface area contributed by atoms with Gasteiger partial charge in [0.05, 0.1) is 18.8 Å². The Morgan fingerprint density at radius 1 is 0.970 bits per heavy atom. The number of hydrogen-bond acceptors (Lipinski definition) is 5. The molecule has 0 spiro atoms. The van der Waals surface area contributed by atoms with E-state index in [1.165, 1.54) is 11.8 Å². The number of carbonyl (C=O) groups excluding carboxylic acids is 1. The third kappa shape index (κ3) is 6.03. The van der Waals surface area contributed by atoms with E-state index in [1.54, 1.807) is 11.8 Å². The first-order valence-electron chi connectivity index (χ1n) is 11.1. The predicted molar refractivity (Wildman–Crippen MR) is 131 cm³/mol. The van der Waals surface area contributed by atoms with E-state index in [0.29, 0.717) is 5.69 Å². The molecule has 0 saturated carbocycles. The maximum Gasteiger partial charge on any atom is 0.221 e. The monoisotopic (exact) mass is 463 g/mol. The Morgan fingerprint density at radius 2 is 1.73 bits per heavy atom. The molecule has 6 heteroatoms. The molecule has 4 rings (SSSR count). The van der Waals surface area contributed by atoms with Gasteiger partial charge in [-0.2, -0.15) is 0 Å². The molecule has 0 radical (unpaired) electrons. The second kappa shape index (κ2) is 11.0. The minimum atomic E-state index is -0.557. The third-order valence-corrected chi connectivity index (χ3v) is 6.86. The molecule has 2 N–H and O–H groups in total. The van der Waals surface area contributed by atoms with Crippen LogP contribution in [0.2, 0.25) is 0 Å². The Bertz CT molecular complexity index is 1060. The number of rotatable bonds is 7. The topological polar surface area (TPSA) is 67.8 Å². The zero-order chi connectivity index (χ0) is 23.2. The molecule has 0 aromatic heterocycles. The summed E-state index contributed by atoms with van der Waals surface area (Å²) < 4.78 is 12.9. The molecule has 3 aromatic carbocycles. The highest BCUT2D eigenvalue weighted by Gasteiger charge is 2.38. The fourth-order valence-electron chi connectivity index (χ4n) is 3.97. The fourth-order valence-corrected chi connectivity index (χ4v) is 5.06. The Balaban J connectivity index is 1.60. The van der Waals surface area contributed by atoms with Crippen molar-refractivity contribution in [2.45, 2.75) is 43.8 Å². The number of aliphatic hydroxyl groups is 1. The van der Waals surface area contributed by atoms with E-state index in [-0.39, 0.29) is 30.6 Å². The highest BCUT2D eigenvalue weighted by molar-refractivity contribution is 7.99. The molecule has 1 fully saturated rings. The Morgan fingerprint density at radius 3 is 2.42 bits per heavy atom. The lowest BCUT2D eigenvalue weighted by atomic mass is 9.91. The first-order valence-corrected chi connectivity index (χ1v) is 12.1. The molecule has 0 aliphatic carbocycles. The Hall–Kier alpha value is -2.64. The Labute approximate surface area is 199 Å². The number of benzene rings is 3. The van der Waals surface area contributed by atoms with Gasteiger partial charge in [0.2, 0.25) is 5.91 Å². The highest BCUT2D eigenvalue weighted by Crippen LogP contribution is 2.43. The van der Waals surface area contributed by atoms with Crippen LogP contribution in [0.5, 0.6) is 0 Å². The van der Waals surface area contributed by atoms with Crippen molar-refractivity contribution in [1.82, 2.24) is 0 Å². The summed E-state index contributed by atoms with van der Waals surface area (Å²) in [6.45, 7) is 3.66. The van der Waals surface area contributed by atoms with Gasteiger partial charge in [0.25, 0.3) is 0 Å². The Kier molecular flexibility index (Phi) is 7.83. The quantitative estimate of drug-likeness (QED) is 0.439. The normalized spacial score (nSPS) is 22.6. The van der Waals surface area contributed by atoms with Crippen LogP contribution in [0.3, 0.4) is 0 Å². The molecule has 0 unspecified atom stereocenters. The summed E-state index contributed by atoms with van der Waals surface area (Å²) in [5.41, 5.74) is 3.50. The summed E-state index contributed by atoms with van der Waals surface area (Å²) >= 11 is 1.77. The number of carbonyl (C=O) groups is 1. The number of ether oxygens (including phenoxy) is 2. The molecule has 5 nitrogen and oxygen atoms in total. The molecule has 1 saturated heterocycles. The molecule has 4 atom stereocenters. The number of anilines is 1. The van der Waals surface area contributed by atoms with E-state index in [0.717, 1.165) is 22.4 Å². The van der Waals surface area contributed by atoms with Gasteiger partial charge in [0.1, 0.15) is 0 Å². The molecule has 1 amide bonds. The first kappa shape index (κ1) is 23.5. The van der Waals surface area contributed by atoms with Gasteiger partial charge in [-0.25, -0.2) is 0 Å². The van der Waals surface area contributed by atoms with E-state index >= 15 is 0 Å². The molecule has 0 bridgehead atoms. The molecule has 1 aliphatic rings. The highest BCUT2D eigenvalue weighted by atomic mass is 32.2. The van der Waals surface area contributed by atoms with Gasteiger partial charge in [-0.05, 0) is 35.4 Å². The van der Waals surface area contributed by atoms with Gasteiger partial charge < -0.3 is 19.9 Å². The lowest BCUT2D eigenvalue weighted by molar-refractivity contribution is -0.268. The summed E-state index contributed by atoms with van der Waals surface area (Å²) in [5, 5.41) is 12.2. The predicted octanol–water partition coefficient (Wildman–Crippen LogP) is 5.72. The minimum Gasteiger partial charge on any atom is -0.392 e. The maximum absolute atomic E-state index is 11.5. The number of aliphatic hydroxyl groups excluding tert-OH is 1. The number of thioether (sulfide) groups is 1. The second-order valence-corrected chi connectivity index (χ2v) is 9.35. The van der Waals surface area contributed by atoms with Crippen LogP contribution >= 0.6 is 11.8 Å². The van der Waals surface area contributed by atoms with Crippen LogP contribution in [-0.2, 0) is 20.9 Å². The van der Waals surface area contributed by atoms with Crippen LogP contribution in [0.25, 0.3) is 0 Å². The molecular weight excluding hydrogens is 434 g/mol. The van der Waals surface area contributed by atoms with Gasteiger partial charge in [0.15, 0.2) is 6.29 Å². The zero-order valence-electron chi connectivity index (χ0n) is 18.8. The fraction of sp³-hybridized carbons (Fsp3) is 0.296. The second-order valence-electron chi connectivity index (χ2n) is 8.25. The summed E-state index contributed by atoms with van der Waals surface area (Å²) in [4.78, 5) is 12.7. The average Bonchev–Trinajstić information content (AvgIpc) is 2.84. The molecule has 1 aliphatic heterocycles. The van der Waals surface area contributed by atoms with Gasteiger partial charge in [-0.3, -0.25) is 4.79 Å². The van der Waals surface area contributed by atoms with E-state index in [2.05, 4.69) is 24.4 Å². The number of hydrogen-bond donors (Lipinski definition) is 2. The summed E-state index contributed by atoms with van der Waals surface area (Å²) in [7, 11) is 0.